The van der Waals surface area contributed by atoms with Crippen LogP contribution in [0.1, 0.15) is 0 Å². The highest BCUT2D eigenvalue weighted by atomic mass is 28.3. The maximum atomic E-state index is 15.2. The molecule has 14 heteroatoms. The largest absolute Gasteiger partial charge is 0.450 e. The van der Waals surface area contributed by atoms with Gasteiger partial charge >= 0.3 is 6.03 Å². The van der Waals surface area contributed by atoms with E-state index in [-0.39, 0.29) is 48.9 Å². The van der Waals surface area contributed by atoms with Crippen LogP contribution in [0, 0.1) is 23.3 Å². The van der Waals surface area contributed by atoms with E-state index in [2.05, 4.69) is 35.3 Å². The molecule has 0 aliphatic carbocycles. The molecule has 1 saturated heterocycles. The summed E-state index contributed by atoms with van der Waals surface area (Å²) in [6, 6.07) is 6.08. The SMILES string of the molecule is C[Si](C)(C)CCOCn1cc(-c2cc(F)cc(F)c2)c2c(Oc3c(F)cc(NC(=O)NCC4(F)COC4)cc3F)ccnc21. The summed E-state index contributed by atoms with van der Waals surface area (Å²) < 4.78 is 90.8. The van der Waals surface area contributed by atoms with Crippen LogP contribution in [-0.2, 0) is 16.2 Å². The summed E-state index contributed by atoms with van der Waals surface area (Å²) in [7, 11) is -1.37. The summed E-state index contributed by atoms with van der Waals surface area (Å²) in [6.45, 7) is 6.56. The molecule has 5 rings (SSSR count). The summed E-state index contributed by atoms with van der Waals surface area (Å²) >= 11 is 0. The zero-order valence-corrected chi connectivity index (χ0v) is 25.3. The Hall–Kier alpha value is -4.01. The lowest BCUT2D eigenvalue weighted by atomic mass is 10.1. The normalized spacial score (nSPS) is 14.4. The zero-order chi connectivity index (χ0) is 31.6. The third-order valence-corrected chi connectivity index (χ3v) is 8.58. The lowest BCUT2D eigenvalue weighted by Crippen LogP contribution is -2.54. The van der Waals surface area contributed by atoms with Crippen molar-refractivity contribution in [3.05, 3.63) is 72.1 Å². The predicted molar refractivity (Wildman–Crippen MR) is 157 cm³/mol. The lowest BCUT2D eigenvalue weighted by molar-refractivity contribution is -0.125. The average molecular weight is 635 g/mol. The molecule has 1 fully saturated rings. The Morgan fingerprint density at radius 1 is 1.07 bits per heavy atom. The molecule has 1 aliphatic heterocycles. The number of amides is 2. The first-order chi connectivity index (χ1) is 20.8. The van der Waals surface area contributed by atoms with Crippen molar-refractivity contribution in [2.24, 2.45) is 0 Å². The van der Waals surface area contributed by atoms with Gasteiger partial charge < -0.3 is 29.4 Å². The molecule has 0 radical (unpaired) electrons. The van der Waals surface area contributed by atoms with Gasteiger partial charge in [-0.05, 0) is 29.8 Å². The van der Waals surface area contributed by atoms with Gasteiger partial charge in [0.05, 0.1) is 25.1 Å². The van der Waals surface area contributed by atoms with Gasteiger partial charge in [0.25, 0.3) is 0 Å². The van der Waals surface area contributed by atoms with Crippen LogP contribution in [0.2, 0.25) is 25.7 Å². The van der Waals surface area contributed by atoms with Crippen molar-refractivity contribution >= 4 is 30.8 Å². The molecular weight excluding hydrogens is 603 g/mol. The molecule has 2 amide bonds. The number of alkyl halides is 1. The highest BCUT2D eigenvalue weighted by Gasteiger charge is 2.39. The zero-order valence-electron chi connectivity index (χ0n) is 24.3. The van der Waals surface area contributed by atoms with E-state index in [1.54, 1.807) is 10.8 Å². The number of nitrogens with zero attached hydrogens (tertiary/aromatic N) is 2. The van der Waals surface area contributed by atoms with Crippen LogP contribution in [-0.4, -0.2) is 55.7 Å². The van der Waals surface area contributed by atoms with Crippen molar-refractivity contribution in [1.29, 1.82) is 0 Å². The van der Waals surface area contributed by atoms with Crippen molar-refractivity contribution in [2.45, 2.75) is 38.1 Å². The smallest absolute Gasteiger partial charge is 0.319 e. The summed E-state index contributed by atoms with van der Waals surface area (Å²) in [4.78, 5) is 16.5. The average Bonchev–Trinajstić information content (AvgIpc) is 3.29. The summed E-state index contributed by atoms with van der Waals surface area (Å²) in [6.07, 6.45) is 2.95. The lowest BCUT2D eigenvalue weighted by Gasteiger charge is -2.33. The molecule has 0 saturated carbocycles. The fourth-order valence-electron chi connectivity index (χ4n) is 4.52. The molecule has 0 atom stereocenters. The van der Waals surface area contributed by atoms with Crippen LogP contribution in [0.3, 0.4) is 0 Å². The number of hydrogen-bond donors (Lipinski definition) is 2. The summed E-state index contributed by atoms with van der Waals surface area (Å²) in [5.41, 5.74) is -1.17. The second-order valence-corrected chi connectivity index (χ2v) is 17.5. The standard InChI is InChI=1S/C30H31F5N4O4Si/c1-44(2,3)7-6-41-17-39-13-22(18-8-19(31)10-20(32)9-18)26-25(4-5-36-28(26)39)43-27-23(33)11-21(12-24(27)34)38-29(40)37-14-30(35)15-42-16-30/h4-5,8-13H,6-7,14-17H2,1-3H3,(H2,37,38,40). The number of carbonyl (C=O) groups is 1. The predicted octanol–water partition coefficient (Wildman–Crippen LogP) is 7.22. The molecule has 2 N–H and O–H groups in total. The molecule has 2 aromatic heterocycles. The number of pyridine rings is 1. The monoisotopic (exact) mass is 634 g/mol. The molecule has 2 aromatic carbocycles. The molecule has 4 aromatic rings. The third kappa shape index (κ3) is 7.37. The van der Waals surface area contributed by atoms with Crippen LogP contribution >= 0.6 is 0 Å². The molecular formula is C30H31F5N4O4Si. The number of halogens is 5. The van der Waals surface area contributed by atoms with Gasteiger partial charge in [-0.25, -0.2) is 31.7 Å². The number of benzene rings is 2. The highest BCUT2D eigenvalue weighted by Crippen LogP contribution is 2.40. The van der Waals surface area contributed by atoms with Gasteiger partial charge in [-0.3, -0.25) is 0 Å². The molecule has 234 valence electrons. The van der Waals surface area contributed by atoms with E-state index in [1.165, 1.54) is 12.3 Å². The molecule has 0 spiro atoms. The minimum atomic E-state index is -1.68. The molecule has 3 heterocycles. The van der Waals surface area contributed by atoms with Crippen molar-refractivity contribution in [3.63, 3.8) is 0 Å². The van der Waals surface area contributed by atoms with Gasteiger partial charge in [-0.2, -0.15) is 0 Å². The Morgan fingerprint density at radius 2 is 1.75 bits per heavy atom. The minimum Gasteiger partial charge on any atom is -0.450 e. The number of hydrogen-bond acceptors (Lipinski definition) is 5. The number of anilines is 1. The van der Waals surface area contributed by atoms with E-state index >= 15 is 8.78 Å². The van der Waals surface area contributed by atoms with Crippen molar-refractivity contribution < 1.29 is 41.0 Å². The first-order valence-corrected chi connectivity index (χ1v) is 17.5. The van der Waals surface area contributed by atoms with E-state index in [9.17, 15) is 18.0 Å². The van der Waals surface area contributed by atoms with Crippen LogP contribution < -0.4 is 15.4 Å². The van der Waals surface area contributed by atoms with Gasteiger partial charge in [0.15, 0.2) is 23.1 Å². The van der Waals surface area contributed by atoms with Crippen molar-refractivity contribution in [2.75, 3.05) is 31.7 Å². The molecule has 1 aliphatic rings. The van der Waals surface area contributed by atoms with Crippen LogP contribution in [0.5, 0.6) is 11.5 Å². The van der Waals surface area contributed by atoms with Gasteiger partial charge in [0, 0.05) is 56.5 Å². The number of aromatic nitrogens is 2. The van der Waals surface area contributed by atoms with Gasteiger partial charge in [-0.1, -0.05) is 19.6 Å². The van der Waals surface area contributed by atoms with Crippen LogP contribution in [0.4, 0.5) is 32.4 Å². The molecule has 0 unspecified atom stereocenters. The Bertz CT molecular complexity index is 1650. The Labute approximate surface area is 251 Å². The Balaban J connectivity index is 1.44. The van der Waals surface area contributed by atoms with Gasteiger partial charge in [0.2, 0.25) is 0 Å². The maximum Gasteiger partial charge on any atom is 0.319 e. The number of nitrogens with one attached hydrogen (secondary N) is 2. The van der Waals surface area contributed by atoms with Crippen molar-refractivity contribution in [1.82, 2.24) is 14.9 Å². The van der Waals surface area contributed by atoms with Crippen LogP contribution in [0.15, 0.2) is 48.8 Å². The molecule has 44 heavy (non-hydrogen) atoms. The van der Waals surface area contributed by atoms with E-state index in [4.69, 9.17) is 14.2 Å². The number of ether oxygens (including phenoxy) is 3. The molecule has 8 nitrogen and oxygen atoms in total. The second-order valence-electron chi connectivity index (χ2n) is 11.8. The van der Waals surface area contributed by atoms with E-state index in [1.807, 2.05) is 0 Å². The van der Waals surface area contributed by atoms with Gasteiger partial charge in [0.1, 0.15) is 29.8 Å². The van der Waals surface area contributed by atoms with E-state index in [0.717, 1.165) is 36.4 Å². The fourth-order valence-corrected chi connectivity index (χ4v) is 5.27. The maximum absolute atomic E-state index is 15.2. The minimum absolute atomic E-state index is 0.0391. The first-order valence-electron chi connectivity index (χ1n) is 13.8. The number of rotatable bonds is 11. The Morgan fingerprint density at radius 3 is 2.36 bits per heavy atom. The quantitative estimate of drug-likeness (QED) is 0.103. The van der Waals surface area contributed by atoms with Gasteiger partial charge in [-0.15, -0.1) is 0 Å². The van der Waals surface area contributed by atoms with E-state index in [0.29, 0.717) is 17.8 Å². The summed E-state index contributed by atoms with van der Waals surface area (Å²) in [5, 5.41) is 4.79. The second kappa shape index (κ2) is 12.5. The topological polar surface area (TPSA) is 86.6 Å². The van der Waals surface area contributed by atoms with Crippen molar-refractivity contribution in [3.8, 4) is 22.6 Å². The van der Waals surface area contributed by atoms with Crippen LogP contribution in [0.25, 0.3) is 22.2 Å². The summed E-state index contributed by atoms with van der Waals surface area (Å²) in [5.74, 6) is -4.74. The highest BCUT2D eigenvalue weighted by molar-refractivity contribution is 6.76. The number of fused-ring (bicyclic) bond motifs is 1. The first kappa shape index (κ1) is 31.4. The number of carbonyl (C=O) groups excluding carboxylic acids is 1. The third-order valence-electron chi connectivity index (χ3n) is 6.87. The molecule has 0 bridgehead atoms. The fraction of sp³-hybridized carbons (Fsp3) is 0.333. The number of urea groups is 1. The Kier molecular flexibility index (Phi) is 8.95. The van der Waals surface area contributed by atoms with E-state index < -0.39 is 48.8 Å².